The highest BCUT2D eigenvalue weighted by Gasteiger charge is 2.15. The summed E-state index contributed by atoms with van der Waals surface area (Å²) in [4.78, 5) is 16.7. The summed E-state index contributed by atoms with van der Waals surface area (Å²) in [7, 11) is 0. The zero-order chi connectivity index (χ0) is 19.3. The number of aromatic nitrogens is 3. The molecule has 7 heteroatoms. The van der Waals surface area contributed by atoms with E-state index >= 15 is 0 Å². The Hall–Kier alpha value is -3.74. The lowest BCUT2D eigenvalue weighted by Gasteiger charge is -2.08. The second-order valence-corrected chi connectivity index (χ2v) is 6.21. The first-order valence-electron chi connectivity index (χ1n) is 8.75. The van der Waals surface area contributed by atoms with Gasteiger partial charge in [-0.25, -0.2) is 4.39 Å². The second kappa shape index (κ2) is 7.87. The van der Waals surface area contributed by atoms with E-state index in [1.54, 1.807) is 29.0 Å². The summed E-state index contributed by atoms with van der Waals surface area (Å²) in [6, 6.07) is 19.2. The Morgan fingerprint density at radius 2 is 1.82 bits per heavy atom. The Morgan fingerprint density at radius 1 is 1.04 bits per heavy atom. The highest BCUT2D eigenvalue weighted by molar-refractivity contribution is 5.76. The molecule has 2 aromatic heterocycles. The molecule has 0 atom stereocenters. The Labute approximate surface area is 160 Å². The highest BCUT2D eigenvalue weighted by atomic mass is 19.1. The number of amides is 1. The van der Waals surface area contributed by atoms with Gasteiger partial charge in [-0.3, -0.25) is 4.79 Å². The average molecular weight is 376 g/mol. The van der Waals surface area contributed by atoms with Gasteiger partial charge in [-0.1, -0.05) is 35.5 Å². The largest absolute Gasteiger partial charge is 0.350 e. The fourth-order valence-corrected chi connectivity index (χ4v) is 2.80. The van der Waals surface area contributed by atoms with Crippen molar-refractivity contribution >= 4 is 5.91 Å². The lowest BCUT2D eigenvalue weighted by atomic mass is 10.2. The summed E-state index contributed by atoms with van der Waals surface area (Å²) < 4.78 is 20.1. The summed E-state index contributed by atoms with van der Waals surface area (Å²) in [5.74, 6) is 0.193. The van der Waals surface area contributed by atoms with E-state index in [0.29, 0.717) is 29.5 Å². The van der Waals surface area contributed by atoms with Gasteiger partial charge in [0.25, 0.3) is 5.89 Å². The molecule has 2 aromatic carbocycles. The van der Waals surface area contributed by atoms with Crippen LogP contribution in [0.2, 0.25) is 0 Å². The second-order valence-electron chi connectivity index (χ2n) is 6.21. The van der Waals surface area contributed by atoms with Crippen molar-refractivity contribution in [2.75, 3.05) is 0 Å². The van der Waals surface area contributed by atoms with Crippen molar-refractivity contribution < 1.29 is 13.7 Å². The van der Waals surface area contributed by atoms with Gasteiger partial charge in [0.05, 0.1) is 0 Å². The van der Waals surface area contributed by atoms with E-state index in [1.165, 1.54) is 12.1 Å². The lowest BCUT2D eigenvalue weighted by molar-refractivity contribution is -0.121. The molecule has 4 aromatic rings. The molecule has 0 aliphatic heterocycles. The number of carbonyl (C=O) groups excluding carboxylic acids is 1. The minimum absolute atomic E-state index is 0.125. The van der Waals surface area contributed by atoms with E-state index in [1.807, 2.05) is 36.4 Å². The molecule has 1 amide bonds. The van der Waals surface area contributed by atoms with Crippen LogP contribution in [0.1, 0.15) is 5.56 Å². The average Bonchev–Trinajstić information content (AvgIpc) is 3.37. The van der Waals surface area contributed by atoms with Crippen LogP contribution in [0.15, 0.2) is 77.4 Å². The third-order valence-electron chi connectivity index (χ3n) is 4.22. The number of rotatable bonds is 6. The predicted octanol–water partition coefficient (Wildman–Crippen LogP) is 3.66. The molecule has 0 bridgehead atoms. The molecule has 0 saturated carbocycles. The number of benzene rings is 2. The van der Waals surface area contributed by atoms with Gasteiger partial charge in [0.1, 0.15) is 18.1 Å². The number of nitrogens with zero attached hydrogens (tertiary/aromatic N) is 3. The minimum atomic E-state index is -0.331. The summed E-state index contributed by atoms with van der Waals surface area (Å²) in [6.45, 7) is 0.592. The number of hydrogen-bond acceptors (Lipinski definition) is 4. The Morgan fingerprint density at radius 3 is 2.61 bits per heavy atom. The SMILES string of the molecule is O=C(Cn1cccc1-c1nc(-c2ccc(F)cc2)no1)NCc1ccccc1. The molecule has 0 fully saturated rings. The van der Waals surface area contributed by atoms with E-state index in [4.69, 9.17) is 4.52 Å². The topological polar surface area (TPSA) is 73.0 Å². The van der Waals surface area contributed by atoms with Crippen molar-refractivity contribution in [2.45, 2.75) is 13.1 Å². The van der Waals surface area contributed by atoms with Crippen LogP contribution in [0.4, 0.5) is 4.39 Å². The minimum Gasteiger partial charge on any atom is -0.350 e. The van der Waals surface area contributed by atoms with Gasteiger partial charge in [-0.15, -0.1) is 0 Å². The number of nitrogens with one attached hydrogen (secondary N) is 1. The molecule has 1 N–H and O–H groups in total. The van der Waals surface area contributed by atoms with Crippen LogP contribution in [0.25, 0.3) is 23.0 Å². The zero-order valence-electron chi connectivity index (χ0n) is 14.9. The lowest BCUT2D eigenvalue weighted by Crippen LogP contribution is -2.27. The smallest absolute Gasteiger partial charge is 0.274 e. The van der Waals surface area contributed by atoms with Crippen molar-refractivity contribution in [3.8, 4) is 23.0 Å². The predicted molar refractivity (Wildman–Crippen MR) is 101 cm³/mol. The standard InChI is InChI=1S/C21H17FN4O2/c22-17-10-8-16(9-11-17)20-24-21(28-25-20)18-7-4-12-26(18)14-19(27)23-13-15-5-2-1-3-6-15/h1-12H,13-14H2,(H,23,27). The molecule has 0 saturated heterocycles. The number of halogens is 1. The number of carbonyl (C=O) groups is 1. The van der Waals surface area contributed by atoms with E-state index in [2.05, 4.69) is 15.5 Å². The highest BCUT2D eigenvalue weighted by Crippen LogP contribution is 2.23. The molecule has 140 valence electrons. The van der Waals surface area contributed by atoms with Crippen molar-refractivity contribution in [2.24, 2.45) is 0 Å². The van der Waals surface area contributed by atoms with Gasteiger partial charge in [0.15, 0.2) is 0 Å². The van der Waals surface area contributed by atoms with Crippen LogP contribution in [0, 0.1) is 5.82 Å². The molecular formula is C21H17FN4O2. The van der Waals surface area contributed by atoms with Crippen LogP contribution in [-0.2, 0) is 17.9 Å². The van der Waals surface area contributed by atoms with Crippen LogP contribution >= 0.6 is 0 Å². The van der Waals surface area contributed by atoms with Crippen molar-refractivity contribution in [1.82, 2.24) is 20.0 Å². The zero-order valence-corrected chi connectivity index (χ0v) is 14.9. The van der Waals surface area contributed by atoms with Gasteiger partial charge in [-0.2, -0.15) is 4.98 Å². The first-order valence-corrected chi connectivity index (χ1v) is 8.75. The van der Waals surface area contributed by atoms with E-state index < -0.39 is 0 Å². The summed E-state index contributed by atoms with van der Waals surface area (Å²) in [6.07, 6.45) is 1.78. The van der Waals surface area contributed by atoms with E-state index in [0.717, 1.165) is 5.56 Å². The molecule has 4 rings (SSSR count). The maximum atomic E-state index is 13.1. The third kappa shape index (κ3) is 3.98. The van der Waals surface area contributed by atoms with Gasteiger partial charge in [0.2, 0.25) is 11.7 Å². The van der Waals surface area contributed by atoms with Crippen molar-refractivity contribution in [1.29, 1.82) is 0 Å². The van der Waals surface area contributed by atoms with Crippen LogP contribution in [0.3, 0.4) is 0 Å². The quantitative estimate of drug-likeness (QED) is 0.557. The summed E-state index contributed by atoms with van der Waals surface area (Å²) in [5.41, 5.74) is 2.32. The molecule has 0 spiro atoms. The first-order chi connectivity index (χ1) is 13.7. The molecule has 6 nitrogen and oxygen atoms in total. The van der Waals surface area contributed by atoms with Crippen LogP contribution in [-0.4, -0.2) is 20.6 Å². The summed E-state index contributed by atoms with van der Waals surface area (Å²) >= 11 is 0. The maximum Gasteiger partial charge on any atom is 0.274 e. The number of hydrogen-bond donors (Lipinski definition) is 1. The van der Waals surface area contributed by atoms with Crippen molar-refractivity contribution in [3.63, 3.8) is 0 Å². The normalized spacial score (nSPS) is 10.8. The molecule has 2 heterocycles. The fourth-order valence-electron chi connectivity index (χ4n) is 2.80. The molecule has 0 aliphatic carbocycles. The molecule has 0 unspecified atom stereocenters. The summed E-state index contributed by atoms with van der Waals surface area (Å²) in [5, 5.41) is 6.84. The fraction of sp³-hybridized carbons (Fsp3) is 0.0952. The van der Waals surface area contributed by atoms with Gasteiger partial charge >= 0.3 is 0 Å². The molecule has 0 radical (unpaired) electrons. The van der Waals surface area contributed by atoms with Crippen molar-refractivity contribution in [3.05, 3.63) is 84.3 Å². The Kier molecular flexibility index (Phi) is 4.97. The van der Waals surface area contributed by atoms with E-state index in [-0.39, 0.29) is 18.3 Å². The molecule has 0 aliphatic rings. The third-order valence-corrected chi connectivity index (χ3v) is 4.22. The van der Waals surface area contributed by atoms with Crippen LogP contribution in [0.5, 0.6) is 0 Å². The van der Waals surface area contributed by atoms with Gasteiger partial charge in [-0.05, 0) is 42.0 Å². The Bertz CT molecular complexity index is 1070. The first kappa shape index (κ1) is 17.7. The van der Waals surface area contributed by atoms with Gasteiger partial charge < -0.3 is 14.4 Å². The van der Waals surface area contributed by atoms with Crippen LogP contribution < -0.4 is 5.32 Å². The monoisotopic (exact) mass is 376 g/mol. The molecular weight excluding hydrogens is 359 g/mol. The van der Waals surface area contributed by atoms with E-state index in [9.17, 15) is 9.18 Å². The molecule has 28 heavy (non-hydrogen) atoms. The maximum absolute atomic E-state index is 13.1. The van der Waals surface area contributed by atoms with Gasteiger partial charge in [0, 0.05) is 18.3 Å². The Balaban J connectivity index is 1.45.